The van der Waals surface area contributed by atoms with Crippen molar-refractivity contribution in [3.8, 4) is 0 Å². The number of amides is 1. The van der Waals surface area contributed by atoms with Crippen LogP contribution in [0.5, 0.6) is 0 Å². The van der Waals surface area contributed by atoms with E-state index in [4.69, 9.17) is 10.2 Å². The fraction of sp³-hybridized carbons (Fsp3) is 0.778. The number of rotatable bonds is 6. The Balaban J connectivity index is 2.32. The van der Waals surface area contributed by atoms with Gasteiger partial charge in [-0.2, -0.15) is 0 Å². The summed E-state index contributed by atoms with van der Waals surface area (Å²) in [6, 6.07) is -1.31. The summed E-state index contributed by atoms with van der Waals surface area (Å²) in [6.07, 6.45) is 0.517. The largest absolute Gasteiger partial charge is 0.480 e. The van der Waals surface area contributed by atoms with Gasteiger partial charge in [0.2, 0.25) is 5.91 Å². The van der Waals surface area contributed by atoms with Gasteiger partial charge in [-0.15, -0.1) is 11.8 Å². The second-order valence-corrected chi connectivity index (χ2v) is 7.49. The van der Waals surface area contributed by atoms with Crippen LogP contribution in [0.2, 0.25) is 0 Å². The molecule has 1 fully saturated rings. The predicted octanol–water partition coefficient (Wildman–Crippen LogP) is -1.53. The summed E-state index contributed by atoms with van der Waals surface area (Å²) in [5.41, 5.74) is 0. The molecule has 9 heteroatoms. The molecule has 0 bridgehead atoms. The van der Waals surface area contributed by atoms with Crippen molar-refractivity contribution in [2.75, 3.05) is 23.9 Å². The van der Waals surface area contributed by atoms with Gasteiger partial charge in [0.05, 0.1) is 23.9 Å². The molecule has 0 aromatic rings. The Kier molecular flexibility index (Phi) is 5.42. The highest BCUT2D eigenvalue weighted by atomic mass is 32.2. The van der Waals surface area contributed by atoms with Crippen molar-refractivity contribution < 1.29 is 28.2 Å². The summed E-state index contributed by atoms with van der Waals surface area (Å²) in [6.45, 7) is -0.677. The zero-order valence-corrected chi connectivity index (χ0v) is 11.2. The van der Waals surface area contributed by atoms with Crippen molar-refractivity contribution in [2.24, 2.45) is 0 Å². The molecule has 3 N–H and O–H groups in total. The average molecular weight is 297 g/mol. The lowest BCUT2D eigenvalue weighted by Gasteiger charge is -2.12. The van der Waals surface area contributed by atoms with E-state index in [1.807, 2.05) is 0 Å². The van der Waals surface area contributed by atoms with E-state index >= 15 is 0 Å². The number of carboxylic acids is 1. The first-order valence-corrected chi connectivity index (χ1v) is 8.16. The molecule has 1 aliphatic heterocycles. The van der Waals surface area contributed by atoms with Gasteiger partial charge in [0.15, 0.2) is 9.84 Å². The molecule has 18 heavy (non-hydrogen) atoms. The second kappa shape index (κ2) is 6.39. The van der Waals surface area contributed by atoms with Gasteiger partial charge in [-0.1, -0.05) is 0 Å². The summed E-state index contributed by atoms with van der Waals surface area (Å²) in [4.78, 5) is 21.9. The SMILES string of the molecule is O=C(CSC1CCS(=O)(=O)C1)N[C@H](CO)C(=O)O. The Bertz CT molecular complexity index is 421. The first kappa shape index (κ1) is 15.3. The van der Waals surface area contributed by atoms with Crippen molar-refractivity contribution in [3.63, 3.8) is 0 Å². The minimum atomic E-state index is -2.97. The van der Waals surface area contributed by atoms with E-state index in [0.717, 1.165) is 0 Å². The van der Waals surface area contributed by atoms with Gasteiger partial charge in [0.1, 0.15) is 6.04 Å². The van der Waals surface area contributed by atoms with E-state index in [1.54, 1.807) is 0 Å². The van der Waals surface area contributed by atoms with E-state index in [-0.39, 0.29) is 22.5 Å². The maximum absolute atomic E-state index is 11.4. The van der Waals surface area contributed by atoms with Crippen LogP contribution in [0.15, 0.2) is 0 Å². The Hall–Kier alpha value is -0.800. The maximum Gasteiger partial charge on any atom is 0.328 e. The summed E-state index contributed by atoms with van der Waals surface area (Å²) < 4.78 is 22.3. The molecular formula is C9H15NO6S2. The quantitative estimate of drug-likeness (QED) is 0.544. The minimum Gasteiger partial charge on any atom is -0.480 e. The van der Waals surface area contributed by atoms with Crippen LogP contribution in [0, 0.1) is 0 Å². The van der Waals surface area contributed by atoms with E-state index in [1.165, 1.54) is 11.8 Å². The van der Waals surface area contributed by atoms with Crippen LogP contribution in [0.3, 0.4) is 0 Å². The zero-order valence-electron chi connectivity index (χ0n) is 9.53. The molecule has 2 atom stereocenters. The molecular weight excluding hydrogens is 282 g/mol. The maximum atomic E-state index is 11.4. The van der Waals surface area contributed by atoms with E-state index in [9.17, 15) is 18.0 Å². The van der Waals surface area contributed by atoms with Crippen molar-refractivity contribution in [1.29, 1.82) is 0 Å². The van der Waals surface area contributed by atoms with Gasteiger partial charge in [0.25, 0.3) is 0 Å². The number of carbonyl (C=O) groups excluding carboxylic acids is 1. The molecule has 0 spiro atoms. The number of sulfone groups is 1. The lowest BCUT2D eigenvalue weighted by Crippen LogP contribution is -2.44. The molecule has 1 saturated heterocycles. The molecule has 0 radical (unpaired) electrons. The number of aliphatic hydroxyl groups is 1. The number of aliphatic hydroxyl groups excluding tert-OH is 1. The molecule has 104 valence electrons. The van der Waals surface area contributed by atoms with Crippen molar-refractivity contribution in [3.05, 3.63) is 0 Å². The highest BCUT2D eigenvalue weighted by Crippen LogP contribution is 2.23. The normalized spacial score (nSPS) is 23.5. The Labute approximate surface area is 109 Å². The van der Waals surface area contributed by atoms with Gasteiger partial charge in [-0.25, -0.2) is 13.2 Å². The van der Waals surface area contributed by atoms with Crippen LogP contribution in [0.1, 0.15) is 6.42 Å². The van der Waals surface area contributed by atoms with Gasteiger partial charge >= 0.3 is 5.97 Å². The number of carboxylic acid groups (broad SMARTS) is 1. The van der Waals surface area contributed by atoms with Crippen LogP contribution < -0.4 is 5.32 Å². The van der Waals surface area contributed by atoms with Crippen molar-refractivity contribution in [1.82, 2.24) is 5.32 Å². The molecule has 0 aromatic carbocycles. The van der Waals surface area contributed by atoms with Crippen LogP contribution in [-0.4, -0.2) is 65.7 Å². The summed E-state index contributed by atoms with van der Waals surface area (Å²) >= 11 is 1.19. The molecule has 1 unspecified atom stereocenters. The number of thioether (sulfide) groups is 1. The number of hydrogen-bond acceptors (Lipinski definition) is 6. The number of nitrogens with one attached hydrogen (secondary N) is 1. The fourth-order valence-corrected chi connectivity index (χ4v) is 4.96. The first-order chi connectivity index (χ1) is 8.34. The van der Waals surface area contributed by atoms with E-state index < -0.39 is 34.4 Å². The highest BCUT2D eigenvalue weighted by molar-refractivity contribution is 8.02. The molecule has 1 aliphatic rings. The molecule has 1 amide bonds. The van der Waals surface area contributed by atoms with Crippen LogP contribution in [0.4, 0.5) is 0 Å². The standard InChI is InChI=1S/C9H15NO6S2/c11-3-7(9(13)14)10-8(12)4-17-6-1-2-18(15,16)5-6/h6-7,11H,1-5H2,(H,10,12)(H,13,14)/t6?,7-/m1/s1. The third-order valence-electron chi connectivity index (χ3n) is 2.46. The Morgan fingerprint density at radius 1 is 1.44 bits per heavy atom. The Morgan fingerprint density at radius 3 is 2.56 bits per heavy atom. The van der Waals surface area contributed by atoms with E-state index in [0.29, 0.717) is 6.42 Å². The summed E-state index contributed by atoms with van der Waals surface area (Å²) in [7, 11) is -2.97. The second-order valence-electron chi connectivity index (χ2n) is 3.98. The predicted molar refractivity (Wildman–Crippen MR) is 66.2 cm³/mol. The van der Waals surface area contributed by atoms with Crippen molar-refractivity contribution in [2.45, 2.75) is 17.7 Å². The average Bonchev–Trinajstić information content (AvgIpc) is 2.62. The lowest BCUT2D eigenvalue weighted by atomic mass is 10.3. The molecule has 7 nitrogen and oxygen atoms in total. The number of carbonyl (C=O) groups is 2. The fourth-order valence-electron chi connectivity index (χ4n) is 1.51. The molecule has 0 aliphatic carbocycles. The van der Waals surface area contributed by atoms with Gasteiger partial charge in [-0.05, 0) is 6.42 Å². The van der Waals surface area contributed by atoms with Gasteiger partial charge in [0, 0.05) is 5.25 Å². The van der Waals surface area contributed by atoms with Crippen molar-refractivity contribution >= 4 is 33.5 Å². The highest BCUT2D eigenvalue weighted by Gasteiger charge is 2.29. The van der Waals surface area contributed by atoms with Crippen LogP contribution >= 0.6 is 11.8 Å². The first-order valence-electron chi connectivity index (χ1n) is 5.29. The third-order valence-corrected chi connectivity index (χ3v) is 5.74. The zero-order chi connectivity index (χ0) is 13.8. The lowest BCUT2D eigenvalue weighted by molar-refractivity contribution is -0.142. The minimum absolute atomic E-state index is 0.00995. The van der Waals surface area contributed by atoms with Crippen LogP contribution in [0.25, 0.3) is 0 Å². The summed E-state index contributed by atoms with van der Waals surface area (Å²) in [5.74, 6) is -1.64. The summed E-state index contributed by atoms with van der Waals surface area (Å²) in [5, 5.41) is 19.4. The molecule has 1 heterocycles. The molecule has 1 rings (SSSR count). The van der Waals surface area contributed by atoms with Gasteiger partial charge in [-0.3, -0.25) is 4.79 Å². The molecule has 0 saturated carbocycles. The van der Waals surface area contributed by atoms with E-state index in [2.05, 4.69) is 5.32 Å². The number of aliphatic carboxylic acids is 1. The topological polar surface area (TPSA) is 121 Å². The smallest absolute Gasteiger partial charge is 0.328 e. The number of hydrogen-bond donors (Lipinski definition) is 3. The third kappa shape index (κ3) is 4.83. The Morgan fingerprint density at radius 2 is 2.11 bits per heavy atom. The monoisotopic (exact) mass is 297 g/mol. The van der Waals surface area contributed by atoms with Gasteiger partial charge < -0.3 is 15.5 Å². The van der Waals surface area contributed by atoms with Crippen LogP contribution in [-0.2, 0) is 19.4 Å². The molecule has 0 aromatic heterocycles.